The van der Waals surface area contributed by atoms with Crippen molar-refractivity contribution in [1.82, 2.24) is 10.2 Å². The third kappa shape index (κ3) is 4.54. The lowest BCUT2D eigenvalue weighted by Gasteiger charge is -2.39. The Hall–Kier alpha value is -1.95. The van der Waals surface area contributed by atoms with Crippen molar-refractivity contribution in [3.63, 3.8) is 0 Å². The fraction of sp³-hybridized carbons (Fsp3) is 0.556. The molecule has 0 heterocycles. The average Bonchev–Trinajstić information content (AvgIpc) is 2.46. The minimum atomic E-state index is -0.913. The van der Waals surface area contributed by atoms with Crippen LogP contribution in [0, 0.1) is 5.82 Å². The van der Waals surface area contributed by atoms with Gasteiger partial charge in [0.15, 0.2) is 0 Å². The highest BCUT2D eigenvalue weighted by Gasteiger charge is 2.38. The second-order valence-electron chi connectivity index (χ2n) is 6.82. The number of hydrogen-bond acceptors (Lipinski definition) is 3. The second-order valence-corrected chi connectivity index (χ2v) is 6.82. The Balaban J connectivity index is 2.23. The van der Waals surface area contributed by atoms with E-state index in [0.717, 1.165) is 19.3 Å². The van der Waals surface area contributed by atoms with Crippen molar-refractivity contribution in [1.29, 1.82) is 0 Å². The molecule has 24 heavy (non-hydrogen) atoms. The summed E-state index contributed by atoms with van der Waals surface area (Å²) in [5, 5.41) is 12.2. The van der Waals surface area contributed by atoms with Crippen LogP contribution in [0.4, 0.5) is 4.39 Å². The minimum Gasteiger partial charge on any atom is -0.481 e. The molecule has 132 valence electrons. The van der Waals surface area contributed by atoms with Gasteiger partial charge in [-0.3, -0.25) is 14.5 Å². The maximum Gasteiger partial charge on any atom is 0.305 e. The molecule has 0 spiro atoms. The molecule has 1 aromatic rings. The molecule has 2 rings (SSSR count). The largest absolute Gasteiger partial charge is 0.481 e. The van der Waals surface area contributed by atoms with Gasteiger partial charge in [0.25, 0.3) is 0 Å². The highest BCUT2D eigenvalue weighted by Crippen LogP contribution is 2.32. The third-order valence-corrected chi connectivity index (χ3v) is 4.62. The van der Waals surface area contributed by atoms with Crippen molar-refractivity contribution in [3.8, 4) is 0 Å². The summed E-state index contributed by atoms with van der Waals surface area (Å²) in [6.45, 7) is 0. The molecule has 1 atom stereocenters. The number of nitrogens with zero attached hydrogens (tertiary/aromatic N) is 1. The van der Waals surface area contributed by atoms with E-state index in [-0.39, 0.29) is 12.3 Å². The number of rotatable bonds is 6. The first-order valence-corrected chi connectivity index (χ1v) is 8.29. The molecule has 1 amide bonds. The van der Waals surface area contributed by atoms with Crippen LogP contribution in [0.2, 0.25) is 0 Å². The number of hydrogen-bond donors (Lipinski definition) is 2. The number of likely N-dealkylation sites (N-methyl/N-ethyl adjacent to an activating group) is 1. The molecule has 0 radical (unpaired) electrons. The lowest BCUT2D eigenvalue weighted by molar-refractivity contribution is -0.140. The summed E-state index contributed by atoms with van der Waals surface area (Å²) in [4.78, 5) is 25.9. The number of aliphatic carboxylic acids is 1. The topological polar surface area (TPSA) is 69.6 Å². The Labute approximate surface area is 141 Å². The van der Waals surface area contributed by atoms with Gasteiger partial charge in [0, 0.05) is 0 Å². The highest BCUT2D eigenvalue weighted by molar-refractivity contribution is 5.84. The van der Waals surface area contributed by atoms with Crippen molar-refractivity contribution in [2.75, 3.05) is 14.1 Å². The van der Waals surface area contributed by atoms with E-state index in [1.165, 1.54) is 12.1 Å². The van der Waals surface area contributed by atoms with Gasteiger partial charge in [-0.2, -0.15) is 0 Å². The quantitative estimate of drug-likeness (QED) is 0.838. The Morgan fingerprint density at radius 3 is 2.50 bits per heavy atom. The summed E-state index contributed by atoms with van der Waals surface area (Å²) in [7, 11) is 3.50. The van der Waals surface area contributed by atoms with Crippen molar-refractivity contribution in [2.45, 2.75) is 50.1 Å². The molecule has 1 aromatic carbocycles. The predicted octanol–water partition coefficient (Wildman–Crippen LogP) is 2.72. The van der Waals surface area contributed by atoms with Crippen LogP contribution in [-0.4, -0.2) is 41.5 Å². The van der Waals surface area contributed by atoms with Crippen LogP contribution in [0.1, 0.15) is 50.1 Å². The number of benzene rings is 1. The van der Waals surface area contributed by atoms with Crippen LogP contribution in [0.15, 0.2) is 24.3 Å². The smallest absolute Gasteiger partial charge is 0.305 e. The fourth-order valence-electron chi connectivity index (χ4n) is 3.55. The maximum atomic E-state index is 13.5. The van der Waals surface area contributed by atoms with E-state index in [1.54, 1.807) is 31.1 Å². The van der Waals surface area contributed by atoms with Crippen LogP contribution in [-0.2, 0) is 9.59 Å². The van der Waals surface area contributed by atoms with Crippen LogP contribution in [0.25, 0.3) is 0 Å². The molecule has 0 saturated heterocycles. The highest BCUT2D eigenvalue weighted by atomic mass is 19.1. The van der Waals surface area contributed by atoms with Gasteiger partial charge < -0.3 is 10.4 Å². The zero-order valence-corrected chi connectivity index (χ0v) is 14.2. The van der Waals surface area contributed by atoms with Gasteiger partial charge in [0.2, 0.25) is 5.91 Å². The zero-order valence-electron chi connectivity index (χ0n) is 14.2. The molecular weight excluding hydrogens is 311 g/mol. The van der Waals surface area contributed by atoms with Crippen LogP contribution >= 0.6 is 0 Å². The Morgan fingerprint density at radius 1 is 1.29 bits per heavy atom. The van der Waals surface area contributed by atoms with Crippen LogP contribution in [0.5, 0.6) is 0 Å². The normalized spacial score (nSPS) is 18.2. The predicted molar refractivity (Wildman–Crippen MR) is 89.0 cm³/mol. The number of nitrogens with one attached hydrogen (secondary N) is 1. The van der Waals surface area contributed by atoms with Gasteiger partial charge in [-0.1, -0.05) is 31.4 Å². The van der Waals surface area contributed by atoms with Gasteiger partial charge in [0.1, 0.15) is 11.9 Å². The molecular formula is C18H25FN2O3. The second kappa shape index (κ2) is 7.75. The van der Waals surface area contributed by atoms with Gasteiger partial charge >= 0.3 is 5.97 Å². The van der Waals surface area contributed by atoms with Crippen molar-refractivity contribution < 1.29 is 19.1 Å². The fourth-order valence-corrected chi connectivity index (χ4v) is 3.55. The summed E-state index contributed by atoms with van der Waals surface area (Å²) < 4.78 is 13.5. The SMILES string of the molecule is CN(C)[C@@H](C(=O)NC1(CC(=O)O)CCCCC1)c1cccc(F)c1. The molecule has 0 bridgehead atoms. The first kappa shape index (κ1) is 18.4. The van der Waals surface area contributed by atoms with E-state index in [1.807, 2.05) is 0 Å². The molecule has 6 heteroatoms. The summed E-state index contributed by atoms with van der Waals surface area (Å²) >= 11 is 0. The van der Waals surface area contributed by atoms with Crippen molar-refractivity contribution >= 4 is 11.9 Å². The van der Waals surface area contributed by atoms with Crippen molar-refractivity contribution in [3.05, 3.63) is 35.6 Å². The monoisotopic (exact) mass is 336 g/mol. The maximum absolute atomic E-state index is 13.5. The summed E-state index contributed by atoms with van der Waals surface area (Å²) in [5.41, 5.74) is -0.151. The zero-order chi connectivity index (χ0) is 17.7. The molecule has 1 fully saturated rings. The summed E-state index contributed by atoms with van der Waals surface area (Å²) in [6, 6.07) is 5.30. The van der Waals surface area contributed by atoms with Crippen LogP contribution < -0.4 is 5.32 Å². The average molecular weight is 336 g/mol. The Morgan fingerprint density at radius 2 is 1.96 bits per heavy atom. The molecule has 0 unspecified atom stereocenters. The number of halogens is 1. The summed E-state index contributed by atoms with van der Waals surface area (Å²) in [5.74, 6) is -1.59. The van der Waals surface area contributed by atoms with Gasteiger partial charge in [-0.25, -0.2) is 4.39 Å². The van der Waals surface area contributed by atoms with Crippen molar-refractivity contribution in [2.24, 2.45) is 0 Å². The molecule has 1 aliphatic carbocycles. The number of carboxylic acids is 1. The lowest BCUT2D eigenvalue weighted by atomic mass is 9.79. The van der Waals surface area contributed by atoms with E-state index in [9.17, 15) is 19.1 Å². The molecule has 2 N–H and O–H groups in total. The summed E-state index contributed by atoms with van der Waals surface area (Å²) in [6.07, 6.45) is 4.10. The van der Waals surface area contributed by atoms with E-state index in [4.69, 9.17) is 0 Å². The lowest BCUT2D eigenvalue weighted by Crippen LogP contribution is -2.53. The first-order chi connectivity index (χ1) is 11.3. The first-order valence-electron chi connectivity index (χ1n) is 8.29. The molecule has 0 aliphatic heterocycles. The van der Waals surface area contributed by atoms with Gasteiger partial charge in [-0.05, 0) is 44.6 Å². The third-order valence-electron chi connectivity index (χ3n) is 4.62. The standard InChI is InChI=1S/C18H25FN2O3/c1-21(2)16(13-7-6-8-14(19)11-13)17(24)20-18(12-15(22)23)9-4-3-5-10-18/h6-8,11,16H,3-5,9-10,12H2,1-2H3,(H,20,24)(H,22,23)/t16-/m1/s1. The van der Waals surface area contributed by atoms with Crippen LogP contribution in [0.3, 0.4) is 0 Å². The van der Waals surface area contributed by atoms with Gasteiger partial charge in [0.05, 0.1) is 12.0 Å². The van der Waals surface area contributed by atoms with E-state index < -0.39 is 23.4 Å². The number of carbonyl (C=O) groups excluding carboxylic acids is 1. The molecule has 1 saturated carbocycles. The Bertz CT molecular complexity index is 598. The molecule has 5 nitrogen and oxygen atoms in total. The number of amides is 1. The Kier molecular flexibility index (Phi) is 5.94. The number of carbonyl (C=O) groups is 2. The van der Waals surface area contributed by atoms with E-state index >= 15 is 0 Å². The minimum absolute atomic E-state index is 0.0813. The van der Waals surface area contributed by atoms with Gasteiger partial charge in [-0.15, -0.1) is 0 Å². The molecule has 1 aliphatic rings. The number of carboxylic acid groups (broad SMARTS) is 1. The van der Waals surface area contributed by atoms with E-state index in [2.05, 4.69) is 5.32 Å². The molecule has 0 aromatic heterocycles. The van der Waals surface area contributed by atoms with E-state index in [0.29, 0.717) is 18.4 Å².